The Balaban J connectivity index is 2.17. The Bertz CT molecular complexity index is 1430. The fraction of sp³-hybridized carbons (Fsp3) is 0.500. The lowest BCUT2D eigenvalue weighted by molar-refractivity contribution is 0.0521. The van der Waals surface area contributed by atoms with E-state index in [2.05, 4.69) is 10.2 Å². The van der Waals surface area contributed by atoms with E-state index in [1.54, 1.807) is 68.0 Å². The van der Waals surface area contributed by atoms with Crippen molar-refractivity contribution in [3.63, 3.8) is 0 Å². The zero-order valence-corrected chi connectivity index (χ0v) is 26.5. The number of amides is 1. The molecule has 2 N–H and O–H groups in total. The first-order valence-corrected chi connectivity index (χ1v) is 14.0. The van der Waals surface area contributed by atoms with Crippen LogP contribution in [-0.4, -0.2) is 79.4 Å². The van der Waals surface area contributed by atoms with Gasteiger partial charge in [-0.25, -0.2) is 9.59 Å². The number of methoxy groups -OCH3 is 2. The molecule has 230 valence electrons. The zero-order valence-electron chi connectivity index (χ0n) is 26.5. The summed E-state index contributed by atoms with van der Waals surface area (Å²) in [6.45, 7) is 11.8. The van der Waals surface area contributed by atoms with E-state index < -0.39 is 23.4 Å². The molecule has 0 atom stereocenters. The Morgan fingerprint density at radius 3 is 2.17 bits per heavy atom. The van der Waals surface area contributed by atoms with Crippen LogP contribution in [-0.2, 0) is 22.3 Å². The van der Waals surface area contributed by atoms with E-state index in [0.29, 0.717) is 39.9 Å². The van der Waals surface area contributed by atoms with Gasteiger partial charge in [-0.15, -0.1) is 0 Å². The van der Waals surface area contributed by atoms with Crippen LogP contribution in [0.4, 0.5) is 9.59 Å². The lowest BCUT2D eigenvalue weighted by atomic mass is 9.94. The number of hydrogen-bond acceptors (Lipinski definition) is 8. The van der Waals surface area contributed by atoms with Gasteiger partial charge < -0.3 is 34.3 Å². The van der Waals surface area contributed by atoms with Gasteiger partial charge in [-0.3, -0.25) is 4.57 Å². The van der Waals surface area contributed by atoms with E-state index in [1.165, 1.54) is 4.57 Å². The van der Waals surface area contributed by atoms with Crippen LogP contribution in [0.5, 0.6) is 17.2 Å². The number of carbonyl (C=O) groups is 2. The predicted molar refractivity (Wildman–Crippen MR) is 164 cm³/mol. The maximum absolute atomic E-state index is 13.4. The van der Waals surface area contributed by atoms with Crippen LogP contribution < -0.4 is 14.8 Å². The second-order valence-corrected chi connectivity index (χ2v) is 12.5. The molecule has 42 heavy (non-hydrogen) atoms. The number of aromatic hydroxyl groups is 1. The Hall–Kier alpha value is -3.92. The fourth-order valence-electron chi connectivity index (χ4n) is 4.67. The number of alkyl carbamates (subject to hydrolysis) is 1. The third kappa shape index (κ3) is 8.09. The number of likely N-dealkylation sites (N-methyl/N-ethyl adjacent to an activating group) is 1. The van der Waals surface area contributed by atoms with Crippen molar-refractivity contribution in [1.82, 2.24) is 14.8 Å². The molecule has 0 saturated carbocycles. The molecule has 1 aromatic heterocycles. The predicted octanol–water partition coefficient (Wildman–Crippen LogP) is 5.99. The van der Waals surface area contributed by atoms with Gasteiger partial charge in [0.1, 0.15) is 17.0 Å². The van der Waals surface area contributed by atoms with Crippen LogP contribution >= 0.6 is 0 Å². The third-order valence-corrected chi connectivity index (χ3v) is 6.36. The number of aromatic nitrogens is 1. The highest BCUT2D eigenvalue weighted by atomic mass is 16.6. The van der Waals surface area contributed by atoms with E-state index in [9.17, 15) is 14.7 Å². The quantitative estimate of drug-likeness (QED) is 0.316. The standard InChI is InChI=1S/C32H45N3O7/c1-31(2,3)41-29(37)33-15-13-21-19-35(30(38)42-32(4,5)6)23-17-22(18-24(36)27(21)23)26-20(14-16-34(7)8)11-12-25(39-9)28(26)40-10/h11-12,17-19,36H,13-16H2,1-10H3,(H,33,37). The summed E-state index contributed by atoms with van der Waals surface area (Å²) in [6, 6.07) is 7.37. The molecule has 0 radical (unpaired) electrons. The van der Waals surface area contributed by atoms with Crippen LogP contribution in [0.3, 0.4) is 0 Å². The van der Waals surface area contributed by atoms with Gasteiger partial charge in [0.15, 0.2) is 11.5 Å². The molecule has 1 heterocycles. The van der Waals surface area contributed by atoms with E-state index >= 15 is 0 Å². The highest BCUT2D eigenvalue weighted by Crippen LogP contribution is 2.44. The minimum absolute atomic E-state index is 0.0134. The molecule has 0 fully saturated rings. The summed E-state index contributed by atoms with van der Waals surface area (Å²) in [6.07, 6.45) is 1.58. The maximum atomic E-state index is 13.4. The Labute approximate surface area is 248 Å². The van der Waals surface area contributed by atoms with Gasteiger partial charge in [-0.05, 0) is 103 Å². The SMILES string of the molecule is COc1ccc(CCN(C)C)c(-c2cc(O)c3c(CCNC(=O)OC(C)(C)C)cn(C(=O)OC(C)(C)C)c3c2)c1OC. The number of nitrogens with one attached hydrogen (secondary N) is 1. The molecule has 2 aromatic carbocycles. The first-order chi connectivity index (χ1) is 19.5. The highest BCUT2D eigenvalue weighted by Gasteiger charge is 2.25. The van der Waals surface area contributed by atoms with Gasteiger partial charge in [-0.1, -0.05) is 6.07 Å². The lowest BCUT2D eigenvalue weighted by Crippen LogP contribution is -2.33. The van der Waals surface area contributed by atoms with Crippen LogP contribution in [0.2, 0.25) is 0 Å². The summed E-state index contributed by atoms with van der Waals surface area (Å²) in [5.41, 5.74) is 2.19. The number of nitrogens with zero attached hydrogens (tertiary/aromatic N) is 2. The smallest absolute Gasteiger partial charge is 0.419 e. The average molecular weight is 584 g/mol. The molecule has 10 nitrogen and oxygen atoms in total. The van der Waals surface area contributed by atoms with Gasteiger partial charge in [0.05, 0.1) is 19.7 Å². The van der Waals surface area contributed by atoms with E-state index in [-0.39, 0.29) is 12.3 Å². The van der Waals surface area contributed by atoms with Crippen molar-refractivity contribution in [3.05, 3.63) is 41.6 Å². The lowest BCUT2D eigenvalue weighted by Gasteiger charge is -2.20. The van der Waals surface area contributed by atoms with Crippen molar-refractivity contribution < 1.29 is 33.6 Å². The molecule has 10 heteroatoms. The molecule has 0 aliphatic carbocycles. The number of fused-ring (bicyclic) bond motifs is 1. The minimum atomic E-state index is -0.735. The molecule has 0 unspecified atom stereocenters. The Morgan fingerprint density at radius 1 is 0.929 bits per heavy atom. The van der Waals surface area contributed by atoms with Gasteiger partial charge >= 0.3 is 12.2 Å². The Morgan fingerprint density at radius 2 is 1.60 bits per heavy atom. The number of ether oxygens (including phenoxy) is 4. The van der Waals surface area contributed by atoms with Crippen molar-refractivity contribution >= 4 is 23.1 Å². The second-order valence-electron chi connectivity index (χ2n) is 12.5. The summed E-state index contributed by atoms with van der Waals surface area (Å²) in [5.74, 6) is 1.07. The van der Waals surface area contributed by atoms with Crippen molar-refractivity contribution in [2.75, 3.05) is 41.4 Å². The molecule has 0 spiro atoms. The summed E-state index contributed by atoms with van der Waals surface area (Å²) < 4.78 is 23.8. The van der Waals surface area contributed by atoms with Crippen molar-refractivity contribution in [1.29, 1.82) is 0 Å². The molecule has 3 rings (SSSR count). The number of rotatable bonds is 9. The summed E-state index contributed by atoms with van der Waals surface area (Å²) in [5, 5.41) is 14.7. The number of benzene rings is 2. The van der Waals surface area contributed by atoms with Crippen LogP contribution in [0, 0.1) is 0 Å². The highest BCUT2D eigenvalue weighted by molar-refractivity contribution is 5.99. The monoisotopic (exact) mass is 583 g/mol. The molecule has 3 aromatic rings. The van der Waals surface area contributed by atoms with Gasteiger partial charge in [0.25, 0.3) is 0 Å². The van der Waals surface area contributed by atoms with Crippen molar-refractivity contribution in [3.8, 4) is 28.4 Å². The normalized spacial score (nSPS) is 12.0. The molecular formula is C32H45N3O7. The number of hydrogen-bond donors (Lipinski definition) is 2. The number of phenolic OH excluding ortho intramolecular Hbond substituents is 1. The zero-order chi connectivity index (χ0) is 31.4. The molecule has 0 aliphatic heterocycles. The Kier molecular flexibility index (Phi) is 10.0. The fourth-order valence-corrected chi connectivity index (χ4v) is 4.67. The van der Waals surface area contributed by atoms with Crippen LogP contribution in [0.25, 0.3) is 22.0 Å². The molecule has 0 bridgehead atoms. The first kappa shape index (κ1) is 32.6. The molecule has 1 amide bonds. The van der Waals surface area contributed by atoms with Crippen molar-refractivity contribution in [2.24, 2.45) is 0 Å². The molecule has 0 aliphatic rings. The molecular weight excluding hydrogens is 538 g/mol. The largest absolute Gasteiger partial charge is 0.507 e. The minimum Gasteiger partial charge on any atom is -0.507 e. The number of phenols is 1. The van der Waals surface area contributed by atoms with Gasteiger partial charge in [-0.2, -0.15) is 0 Å². The maximum Gasteiger partial charge on any atom is 0.419 e. The summed E-state index contributed by atoms with van der Waals surface area (Å²) >= 11 is 0. The summed E-state index contributed by atoms with van der Waals surface area (Å²) in [7, 11) is 7.16. The third-order valence-electron chi connectivity index (χ3n) is 6.36. The first-order valence-electron chi connectivity index (χ1n) is 14.0. The van der Waals surface area contributed by atoms with Gasteiger partial charge in [0, 0.05) is 30.2 Å². The van der Waals surface area contributed by atoms with Crippen molar-refractivity contribution in [2.45, 2.75) is 65.6 Å². The van der Waals surface area contributed by atoms with E-state index in [1.807, 2.05) is 32.3 Å². The second kappa shape index (κ2) is 12.9. The van der Waals surface area contributed by atoms with Crippen LogP contribution in [0.15, 0.2) is 30.5 Å². The van der Waals surface area contributed by atoms with E-state index in [4.69, 9.17) is 18.9 Å². The van der Waals surface area contributed by atoms with Gasteiger partial charge in [0.2, 0.25) is 0 Å². The molecule has 0 saturated heterocycles. The van der Waals surface area contributed by atoms with Crippen LogP contribution in [0.1, 0.15) is 52.7 Å². The van der Waals surface area contributed by atoms with E-state index in [0.717, 1.165) is 24.1 Å². The summed E-state index contributed by atoms with van der Waals surface area (Å²) in [4.78, 5) is 27.7. The average Bonchev–Trinajstić information content (AvgIpc) is 3.23. The number of carbonyl (C=O) groups excluding carboxylic acids is 2. The topological polar surface area (TPSA) is 111 Å².